The van der Waals surface area contributed by atoms with E-state index >= 15 is 0 Å². The van der Waals surface area contributed by atoms with E-state index in [1.54, 1.807) is 11.9 Å². The summed E-state index contributed by atoms with van der Waals surface area (Å²) in [5.41, 5.74) is 1.18. The summed E-state index contributed by atoms with van der Waals surface area (Å²) in [5, 5.41) is 3.45. The molecule has 0 unspecified atom stereocenters. The van der Waals surface area contributed by atoms with E-state index in [0.717, 1.165) is 51.0 Å². The first-order chi connectivity index (χ1) is 14.1. The van der Waals surface area contributed by atoms with Crippen LogP contribution in [0.3, 0.4) is 0 Å². The number of rotatable bonds is 4. The van der Waals surface area contributed by atoms with Crippen LogP contribution in [0.15, 0.2) is 23.3 Å². The molecule has 0 atom stereocenters. The van der Waals surface area contributed by atoms with Crippen LogP contribution in [0.25, 0.3) is 0 Å². The van der Waals surface area contributed by atoms with Crippen molar-refractivity contribution in [3.05, 3.63) is 23.9 Å². The van der Waals surface area contributed by atoms with E-state index in [-0.39, 0.29) is 6.09 Å². The number of guanidine groups is 1. The summed E-state index contributed by atoms with van der Waals surface area (Å²) in [4.78, 5) is 29.4. The quantitative estimate of drug-likeness (QED) is 0.585. The van der Waals surface area contributed by atoms with Gasteiger partial charge in [0.1, 0.15) is 5.82 Å². The first kappa shape index (κ1) is 21.2. The fourth-order valence-corrected chi connectivity index (χ4v) is 3.61. The standard InChI is InChI=1S/C20H33N7O2/c1-4-29-20(28)27-13-11-26(12-14-27)19(21-2)23-16-17-5-6-22-18(15-17)25-9-7-24(3)8-10-25/h5-6,15H,4,7-14,16H2,1-3H3,(H,21,23). The number of nitrogens with zero attached hydrogens (tertiary/aromatic N) is 6. The Morgan fingerprint density at radius 2 is 1.83 bits per heavy atom. The Hall–Kier alpha value is -2.55. The smallest absolute Gasteiger partial charge is 0.409 e. The van der Waals surface area contributed by atoms with Crippen molar-refractivity contribution >= 4 is 17.9 Å². The van der Waals surface area contributed by atoms with Gasteiger partial charge in [0.05, 0.1) is 6.61 Å². The van der Waals surface area contributed by atoms with Gasteiger partial charge in [-0.3, -0.25) is 4.99 Å². The van der Waals surface area contributed by atoms with Gasteiger partial charge < -0.3 is 29.7 Å². The van der Waals surface area contributed by atoms with Crippen LogP contribution in [0.4, 0.5) is 10.6 Å². The number of hydrogen-bond acceptors (Lipinski definition) is 6. The third-order valence-electron chi connectivity index (χ3n) is 5.40. The Labute approximate surface area is 173 Å². The highest BCUT2D eigenvalue weighted by Gasteiger charge is 2.23. The van der Waals surface area contributed by atoms with Crippen LogP contribution in [0.5, 0.6) is 0 Å². The molecule has 2 saturated heterocycles. The highest BCUT2D eigenvalue weighted by atomic mass is 16.6. The molecule has 0 aromatic carbocycles. The van der Waals surface area contributed by atoms with Gasteiger partial charge in [-0.05, 0) is 31.7 Å². The lowest BCUT2D eigenvalue weighted by Gasteiger charge is -2.36. The van der Waals surface area contributed by atoms with Gasteiger partial charge in [-0.2, -0.15) is 0 Å². The summed E-state index contributed by atoms with van der Waals surface area (Å²) in [5.74, 6) is 1.89. The highest BCUT2D eigenvalue weighted by molar-refractivity contribution is 5.80. The summed E-state index contributed by atoms with van der Waals surface area (Å²) in [6.07, 6.45) is 1.65. The number of amides is 1. The monoisotopic (exact) mass is 403 g/mol. The molecule has 2 fully saturated rings. The van der Waals surface area contributed by atoms with E-state index in [2.05, 4.69) is 43.1 Å². The zero-order valence-corrected chi connectivity index (χ0v) is 17.8. The minimum absolute atomic E-state index is 0.233. The molecule has 2 aliphatic heterocycles. The number of aromatic nitrogens is 1. The predicted molar refractivity (Wildman–Crippen MR) is 114 cm³/mol. The maximum absolute atomic E-state index is 11.9. The first-order valence-corrected chi connectivity index (χ1v) is 10.4. The lowest BCUT2D eigenvalue weighted by atomic mass is 10.2. The molecule has 9 heteroatoms. The molecule has 1 aromatic heterocycles. The molecule has 0 saturated carbocycles. The minimum Gasteiger partial charge on any atom is -0.450 e. The molecule has 9 nitrogen and oxygen atoms in total. The van der Waals surface area contributed by atoms with Gasteiger partial charge in [-0.1, -0.05) is 0 Å². The lowest BCUT2D eigenvalue weighted by molar-refractivity contribution is 0.0914. The molecule has 29 heavy (non-hydrogen) atoms. The zero-order chi connectivity index (χ0) is 20.6. The molecular formula is C20H33N7O2. The average molecular weight is 404 g/mol. The number of nitrogens with one attached hydrogen (secondary N) is 1. The van der Waals surface area contributed by atoms with Crippen LogP contribution >= 0.6 is 0 Å². The van der Waals surface area contributed by atoms with Crippen molar-refractivity contribution in [1.82, 2.24) is 25.0 Å². The number of piperazine rings is 2. The molecule has 1 amide bonds. The van der Waals surface area contributed by atoms with Gasteiger partial charge in [0.2, 0.25) is 0 Å². The summed E-state index contributed by atoms with van der Waals surface area (Å²) in [6.45, 7) is 9.82. The first-order valence-electron chi connectivity index (χ1n) is 10.4. The molecule has 0 bridgehead atoms. The topological polar surface area (TPSA) is 76.5 Å². The van der Waals surface area contributed by atoms with Gasteiger partial charge in [0.15, 0.2) is 5.96 Å². The van der Waals surface area contributed by atoms with E-state index in [0.29, 0.717) is 26.2 Å². The Balaban J connectivity index is 1.51. The van der Waals surface area contributed by atoms with Crippen molar-refractivity contribution in [2.75, 3.05) is 78.0 Å². The minimum atomic E-state index is -0.233. The second-order valence-corrected chi connectivity index (χ2v) is 7.39. The van der Waals surface area contributed by atoms with E-state index in [1.807, 2.05) is 19.2 Å². The number of hydrogen-bond donors (Lipinski definition) is 1. The summed E-state index contributed by atoms with van der Waals surface area (Å²) >= 11 is 0. The Morgan fingerprint density at radius 1 is 1.14 bits per heavy atom. The second kappa shape index (κ2) is 10.3. The van der Waals surface area contributed by atoms with Crippen molar-refractivity contribution in [2.45, 2.75) is 13.5 Å². The van der Waals surface area contributed by atoms with Crippen LogP contribution < -0.4 is 10.2 Å². The molecule has 3 heterocycles. The van der Waals surface area contributed by atoms with Gasteiger partial charge in [0.25, 0.3) is 0 Å². The van der Waals surface area contributed by atoms with Crippen LogP contribution in [0.1, 0.15) is 12.5 Å². The molecule has 1 aromatic rings. The molecule has 3 rings (SSSR count). The molecule has 0 radical (unpaired) electrons. The SMILES string of the molecule is CCOC(=O)N1CCN(C(=NC)NCc2ccnc(N3CCN(C)CC3)c2)CC1. The fraction of sp³-hybridized carbons (Fsp3) is 0.650. The Kier molecular flexibility index (Phi) is 7.51. The summed E-state index contributed by atoms with van der Waals surface area (Å²) < 4.78 is 5.09. The van der Waals surface area contributed by atoms with Crippen molar-refractivity contribution in [1.29, 1.82) is 0 Å². The van der Waals surface area contributed by atoms with Gasteiger partial charge in [0, 0.05) is 72.1 Å². The average Bonchev–Trinajstić information content (AvgIpc) is 2.75. The van der Waals surface area contributed by atoms with Gasteiger partial charge >= 0.3 is 6.09 Å². The van der Waals surface area contributed by atoms with E-state index < -0.39 is 0 Å². The lowest BCUT2D eigenvalue weighted by Crippen LogP contribution is -2.53. The zero-order valence-electron chi connectivity index (χ0n) is 17.8. The van der Waals surface area contributed by atoms with E-state index in [9.17, 15) is 4.79 Å². The molecular weight excluding hydrogens is 370 g/mol. The third kappa shape index (κ3) is 5.72. The summed E-state index contributed by atoms with van der Waals surface area (Å²) in [6, 6.07) is 4.20. The number of anilines is 1. The van der Waals surface area contributed by atoms with E-state index in [1.165, 1.54) is 5.56 Å². The number of likely N-dealkylation sites (N-methyl/N-ethyl adjacent to an activating group) is 1. The van der Waals surface area contributed by atoms with E-state index in [4.69, 9.17) is 4.74 Å². The largest absolute Gasteiger partial charge is 0.450 e. The maximum Gasteiger partial charge on any atom is 0.409 e. The van der Waals surface area contributed by atoms with Crippen molar-refractivity contribution in [3.8, 4) is 0 Å². The van der Waals surface area contributed by atoms with Crippen molar-refractivity contribution < 1.29 is 9.53 Å². The van der Waals surface area contributed by atoms with Crippen LogP contribution in [-0.4, -0.2) is 105 Å². The normalized spacial score (nSPS) is 18.7. The number of ether oxygens (including phenoxy) is 1. The molecule has 2 aliphatic rings. The molecule has 1 N–H and O–H groups in total. The van der Waals surface area contributed by atoms with Gasteiger partial charge in [-0.25, -0.2) is 9.78 Å². The van der Waals surface area contributed by atoms with Crippen LogP contribution in [-0.2, 0) is 11.3 Å². The van der Waals surface area contributed by atoms with Crippen molar-refractivity contribution in [3.63, 3.8) is 0 Å². The van der Waals surface area contributed by atoms with Crippen LogP contribution in [0, 0.1) is 0 Å². The molecule has 0 spiro atoms. The summed E-state index contributed by atoms with van der Waals surface area (Å²) in [7, 11) is 3.95. The predicted octanol–water partition coefficient (Wildman–Crippen LogP) is 0.683. The number of aliphatic imine (C=N–C) groups is 1. The Bertz CT molecular complexity index is 696. The number of carbonyl (C=O) groups excluding carboxylic acids is 1. The highest BCUT2D eigenvalue weighted by Crippen LogP contribution is 2.15. The third-order valence-corrected chi connectivity index (χ3v) is 5.40. The Morgan fingerprint density at radius 3 is 2.48 bits per heavy atom. The number of pyridine rings is 1. The van der Waals surface area contributed by atoms with Crippen molar-refractivity contribution in [2.24, 2.45) is 4.99 Å². The maximum atomic E-state index is 11.9. The van der Waals surface area contributed by atoms with Gasteiger partial charge in [-0.15, -0.1) is 0 Å². The second-order valence-electron chi connectivity index (χ2n) is 7.39. The molecule has 160 valence electrons. The molecule has 0 aliphatic carbocycles. The fourth-order valence-electron chi connectivity index (χ4n) is 3.61. The van der Waals surface area contributed by atoms with Crippen LogP contribution in [0.2, 0.25) is 0 Å². The number of carbonyl (C=O) groups is 1.